The monoisotopic (exact) mass is 284 g/mol. The first-order valence-corrected chi connectivity index (χ1v) is 6.57. The lowest BCUT2D eigenvalue weighted by Crippen LogP contribution is -2.19. The minimum absolute atomic E-state index is 0.0985. The highest BCUT2D eigenvalue weighted by Crippen LogP contribution is 2.12. The summed E-state index contributed by atoms with van der Waals surface area (Å²) in [6.45, 7) is 0. The number of urea groups is 1. The molecule has 0 saturated heterocycles. The zero-order valence-electron chi connectivity index (χ0n) is 11.4. The number of carbonyl (C=O) groups is 2. The summed E-state index contributed by atoms with van der Waals surface area (Å²) in [6.07, 6.45) is 0.576. The number of para-hydroxylation sites is 1. The van der Waals surface area contributed by atoms with Gasteiger partial charge in [-0.2, -0.15) is 0 Å². The Kier molecular flexibility index (Phi) is 4.93. The molecule has 2 aromatic rings. The predicted molar refractivity (Wildman–Crippen MR) is 81.5 cm³/mol. The highest BCUT2D eigenvalue weighted by Gasteiger charge is 2.03. The molecule has 21 heavy (non-hydrogen) atoms. The van der Waals surface area contributed by atoms with Crippen molar-refractivity contribution in [1.29, 1.82) is 0 Å². The number of aliphatic carboxylic acids is 1. The van der Waals surface area contributed by atoms with Gasteiger partial charge in [-0.25, -0.2) is 4.79 Å². The SMILES string of the molecule is O=C(O)CCc1ccc(NC(=O)Nc2ccccc2)cc1. The van der Waals surface area contributed by atoms with Crippen molar-refractivity contribution >= 4 is 23.4 Å². The molecule has 0 radical (unpaired) electrons. The zero-order valence-corrected chi connectivity index (χ0v) is 11.4. The number of carbonyl (C=O) groups excluding carboxylic acids is 1. The van der Waals surface area contributed by atoms with E-state index in [0.29, 0.717) is 17.8 Å². The number of nitrogens with one attached hydrogen (secondary N) is 2. The van der Waals surface area contributed by atoms with E-state index < -0.39 is 5.97 Å². The maximum atomic E-state index is 11.8. The third-order valence-electron chi connectivity index (χ3n) is 2.87. The van der Waals surface area contributed by atoms with Crippen LogP contribution in [-0.2, 0) is 11.2 Å². The van der Waals surface area contributed by atoms with Gasteiger partial charge in [-0.3, -0.25) is 4.79 Å². The van der Waals surface area contributed by atoms with Crippen LogP contribution in [0.4, 0.5) is 16.2 Å². The second-order valence-electron chi connectivity index (χ2n) is 4.54. The maximum absolute atomic E-state index is 11.8. The fourth-order valence-corrected chi connectivity index (χ4v) is 1.82. The van der Waals surface area contributed by atoms with Gasteiger partial charge in [0.2, 0.25) is 0 Å². The van der Waals surface area contributed by atoms with Crippen LogP contribution in [0.5, 0.6) is 0 Å². The Bertz CT molecular complexity index is 609. The number of hydrogen-bond donors (Lipinski definition) is 3. The molecule has 0 aromatic heterocycles. The molecule has 0 heterocycles. The summed E-state index contributed by atoms with van der Waals surface area (Å²) in [4.78, 5) is 22.3. The van der Waals surface area contributed by atoms with Crippen LogP contribution in [0, 0.1) is 0 Å². The molecule has 0 saturated carbocycles. The smallest absolute Gasteiger partial charge is 0.323 e. The normalized spacial score (nSPS) is 9.90. The first-order chi connectivity index (χ1) is 10.1. The second-order valence-corrected chi connectivity index (χ2v) is 4.54. The van der Waals surface area contributed by atoms with E-state index >= 15 is 0 Å². The summed E-state index contributed by atoms with van der Waals surface area (Å²) in [6, 6.07) is 16.0. The summed E-state index contributed by atoms with van der Waals surface area (Å²) >= 11 is 0. The Hall–Kier alpha value is -2.82. The minimum Gasteiger partial charge on any atom is -0.481 e. The van der Waals surface area contributed by atoms with Crippen LogP contribution in [0.2, 0.25) is 0 Å². The quantitative estimate of drug-likeness (QED) is 0.787. The lowest BCUT2D eigenvalue weighted by Gasteiger charge is -2.08. The van der Waals surface area contributed by atoms with Crippen molar-refractivity contribution < 1.29 is 14.7 Å². The van der Waals surface area contributed by atoms with E-state index in [-0.39, 0.29) is 12.5 Å². The average Bonchev–Trinajstić information content (AvgIpc) is 2.47. The van der Waals surface area contributed by atoms with Gasteiger partial charge in [-0.1, -0.05) is 30.3 Å². The Balaban J connectivity index is 1.88. The molecule has 5 heteroatoms. The van der Waals surface area contributed by atoms with Crippen LogP contribution in [0.15, 0.2) is 54.6 Å². The zero-order chi connectivity index (χ0) is 15.1. The van der Waals surface area contributed by atoms with Crippen molar-refractivity contribution in [3.05, 3.63) is 60.2 Å². The average molecular weight is 284 g/mol. The molecule has 0 aliphatic rings. The molecule has 5 nitrogen and oxygen atoms in total. The van der Waals surface area contributed by atoms with Crippen molar-refractivity contribution in [1.82, 2.24) is 0 Å². The molecule has 0 fully saturated rings. The molecular weight excluding hydrogens is 268 g/mol. The van der Waals surface area contributed by atoms with E-state index in [2.05, 4.69) is 10.6 Å². The summed E-state index contributed by atoms with van der Waals surface area (Å²) in [5, 5.41) is 14.1. The number of carboxylic acids is 1. The molecule has 2 amide bonds. The van der Waals surface area contributed by atoms with E-state index in [1.54, 1.807) is 36.4 Å². The summed E-state index contributed by atoms with van der Waals surface area (Å²) in [7, 11) is 0. The lowest BCUT2D eigenvalue weighted by molar-refractivity contribution is -0.136. The standard InChI is InChI=1S/C16H16N2O3/c19-15(20)11-8-12-6-9-14(10-7-12)18-16(21)17-13-4-2-1-3-5-13/h1-7,9-10H,8,11H2,(H,19,20)(H2,17,18,21). The number of anilines is 2. The molecule has 0 aliphatic carbocycles. The van der Waals surface area contributed by atoms with Crippen molar-refractivity contribution in [2.24, 2.45) is 0 Å². The van der Waals surface area contributed by atoms with Crippen molar-refractivity contribution in [3.8, 4) is 0 Å². The number of benzene rings is 2. The molecule has 0 unspecified atom stereocenters. The maximum Gasteiger partial charge on any atom is 0.323 e. The van der Waals surface area contributed by atoms with Gasteiger partial charge in [0.1, 0.15) is 0 Å². The third kappa shape index (κ3) is 4.99. The largest absolute Gasteiger partial charge is 0.481 e. The number of amides is 2. The van der Waals surface area contributed by atoms with Gasteiger partial charge in [-0.05, 0) is 36.2 Å². The lowest BCUT2D eigenvalue weighted by atomic mass is 10.1. The molecule has 2 aromatic carbocycles. The Morgan fingerprint density at radius 1 is 0.857 bits per heavy atom. The van der Waals surface area contributed by atoms with Crippen LogP contribution < -0.4 is 10.6 Å². The van der Waals surface area contributed by atoms with Crippen molar-refractivity contribution in [2.75, 3.05) is 10.6 Å². The van der Waals surface area contributed by atoms with Crippen LogP contribution >= 0.6 is 0 Å². The Labute approximate surface area is 122 Å². The summed E-state index contributed by atoms with van der Waals surface area (Å²) in [5.74, 6) is -0.820. The molecule has 3 N–H and O–H groups in total. The van der Waals surface area contributed by atoms with Crippen LogP contribution in [-0.4, -0.2) is 17.1 Å². The topological polar surface area (TPSA) is 78.4 Å². The van der Waals surface area contributed by atoms with Gasteiger partial charge < -0.3 is 15.7 Å². The highest BCUT2D eigenvalue weighted by atomic mass is 16.4. The molecule has 108 valence electrons. The highest BCUT2D eigenvalue weighted by molar-refractivity contribution is 5.99. The number of carboxylic acid groups (broad SMARTS) is 1. The van der Waals surface area contributed by atoms with Crippen LogP contribution in [0.3, 0.4) is 0 Å². The fraction of sp³-hybridized carbons (Fsp3) is 0.125. The molecule has 0 aliphatic heterocycles. The Morgan fingerprint density at radius 3 is 2.00 bits per heavy atom. The molecule has 0 spiro atoms. The summed E-state index contributed by atoms with van der Waals surface area (Å²) < 4.78 is 0. The van der Waals surface area contributed by atoms with Crippen LogP contribution in [0.25, 0.3) is 0 Å². The van der Waals surface area contributed by atoms with E-state index in [1.807, 2.05) is 18.2 Å². The number of rotatable bonds is 5. The molecule has 2 rings (SSSR count). The minimum atomic E-state index is -0.820. The van der Waals surface area contributed by atoms with Gasteiger partial charge in [-0.15, -0.1) is 0 Å². The molecular formula is C16H16N2O3. The first kappa shape index (κ1) is 14.6. The number of hydrogen-bond acceptors (Lipinski definition) is 2. The van der Waals surface area contributed by atoms with Gasteiger partial charge in [0.05, 0.1) is 0 Å². The first-order valence-electron chi connectivity index (χ1n) is 6.57. The third-order valence-corrected chi connectivity index (χ3v) is 2.87. The molecule has 0 bridgehead atoms. The van der Waals surface area contributed by atoms with Crippen molar-refractivity contribution in [3.63, 3.8) is 0 Å². The summed E-state index contributed by atoms with van der Waals surface area (Å²) in [5.41, 5.74) is 2.29. The van der Waals surface area contributed by atoms with Crippen molar-refractivity contribution in [2.45, 2.75) is 12.8 Å². The second kappa shape index (κ2) is 7.09. The van der Waals surface area contributed by atoms with E-state index in [4.69, 9.17) is 5.11 Å². The van der Waals surface area contributed by atoms with Gasteiger partial charge >= 0.3 is 12.0 Å². The predicted octanol–water partition coefficient (Wildman–Crippen LogP) is 3.35. The fourth-order valence-electron chi connectivity index (χ4n) is 1.82. The Morgan fingerprint density at radius 2 is 1.43 bits per heavy atom. The van der Waals surface area contributed by atoms with Gasteiger partial charge in [0, 0.05) is 17.8 Å². The van der Waals surface area contributed by atoms with E-state index in [0.717, 1.165) is 5.56 Å². The number of aryl methyl sites for hydroxylation is 1. The van der Waals surface area contributed by atoms with E-state index in [9.17, 15) is 9.59 Å². The van der Waals surface area contributed by atoms with Gasteiger partial charge in [0.25, 0.3) is 0 Å². The van der Waals surface area contributed by atoms with Gasteiger partial charge in [0.15, 0.2) is 0 Å². The van der Waals surface area contributed by atoms with Crippen LogP contribution in [0.1, 0.15) is 12.0 Å². The van der Waals surface area contributed by atoms with E-state index in [1.165, 1.54) is 0 Å². The molecule has 0 atom stereocenters.